The molecule has 3 rings (SSSR count). The Bertz CT molecular complexity index is 667. The molecule has 1 aromatic carbocycles. The van der Waals surface area contributed by atoms with E-state index in [1.165, 1.54) is 5.56 Å². The average molecular weight is 250 g/mol. The molecule has 1 N–H and O–H groups in total. The first-order valence-electron chi connectivity index (χ1n) is 6.26. The van der Waals surface area contributed by atoms with Crippen LogP contribution in [-0.4, -0.2) is 21.5 Å². The molecule has 4 nitrogen and oxygen atoms in total. The second-order valence-electron chi connectivity index (χ2n) is 4.28. The Kier molecular flexibility index (Phi) is 3.32. The Morgan fingerprint density at radius 2 is 1.84 bits per heavy atom. The summed E-state index contributed by atoms with van der Waals surface area (Å²) in [7, 11) is 0. The topological polar surface area (TPSA) is 50.7 Å². The van der Waals surface area contributed by atoms with Gasteiger partial charge in [-0.15, -0.1) is 0 Å². The molecular formula is C15H14N4. The fourth-order valence-electron chi connectivity index (χ4n) is 1.93. The molecule has 0 saturated heterocycles. The van der Waals surface area contributed by atoms with Crippen molar-refractivity contribution in [2.24, 2.45) is 0 Å². The molecule has 0 bridgehead atoms. The van der Waals surface area contributed by atoms with Crippen LogP contribution in [0.1, 0.15) is 5.56 Å². The van der Waals surface area contributed by atoms with E-state index in [0.717, 1.165) is 23.9 Å². The molecule has 94 valence electrons. The second kappa shape index (κ2) is 5.44. The highest BCUT2D eigenvalue weighted by Crippen LogP contribution is 2.11. The minimum atomic E-state index is 0.674. The first-order valence-corrected chi connectivity index (χ1v) is 6.26. The highest BCUT2D eigenvalue weighted by molar-refractivity contribution is 5.78. The number of para-hydroxylation sites is 1. The summed E-state index contributed by atoms with van der Waals surface area (Å²) in [5, 5.41) is 4.30. The summed E-state index contributed by atoms with van der Waals surface area (Å²) < 4.78 is 0. The van der Waals surface area contributed by atoms with Gasteiger partial charge >= 0.3 is 0 Å². The van der Waals surface area contributed by atoms with Crippen LogP contribution in [0.25, 0.3) is 10.9 Å². The predicted molar refractivity (Wildman–Crippen MR) is 76.0 cm³/mol. The fraction of sp³-hybridized carbons (Fsp3) is 0.133. The maximum absolute atomic E-state index is 4.47. The van der Waals surface area contributed by atoms with Gasteiger partial charge in [0.15, 0.2) is 0 Å². The highest BCUT2D eigenvalue weighted by Gasteiger charge is 1.99. The molecule has 0 fully saturated rings. The van der Waals surface area contributed by atoms with E-state index >= 15 is 0 Å². The molecule has 0 unspecified atom stereocenters. The third-order valence-corrected chi connectivity index (χ3v) is 2.94. The molecule has 19 heavy (non-hydrogen) atoms. The van der Waals surface area contributed by atoms with Gasteiger partial charge in [-0.25, -0.2) is 9.97 Å². The number of hydrogen-bond donors (Lipinski definition) is 1. The lowest BCUT2D eigenvalue weighted by atomic mass is 10.2. The van der Waals surface area contributed by atoms with Gasteiger partial charge in [0, 0.05) is 30.5 Å². The van der Waals surface area contributed by atoms with Crippen molar-refractivity contribution >= 4 is 16.9 Å². The molecule has 0 spiro atoms. The summed E-state index contributed by atoms with van der Waals surface area (Å²) >= 11 is 0. The third-order valence-electron chi connectivity index (χ3n) is 2.94. The van der Waals surface area contributed by atoms with Crippen molar-refractivity contribution in [1.29, 1.82) is 0 Å². The minimum Gasteiger partial charge on any atom is -0.354 e. The van der Waals surface area contributed by atoms with Crippen LogP contribution < -0.4 is 5.32 Å². The van der Waals surface area contributed by atoms with Crippen LogP contribution in [-0.2, 0) is 6.42 Å². The fourth-order valence-corrected chi connectivity index (χ4v) is 1.93. The van der Waals surface area contributed by atoms with E-state index in [1.807, 2.05) is 55.0 Å². The van der Waals surface area contributed by atoms with Crippen LogP contribution in [0.2, 0.25) is 0 Å². The molecule has 3 aromatic rings. The van der Waals surface area contributed by atoms with Gasteiger partial charge in [0.2, 0.25) is 5.95 Å². The molecule has 0 aliphatic heterocycles. The second-order valence-corrected chi connectivity index (χ2v) is 4.28. The molecule has 0 amide bonds. The predicted octanol–water partition coefficient (Wildman–Crippen LogP) is 2.68. The van der Waals surface area contributed by atoms with E-state index in [0.29, 0.717) is 5.95 Å². The molecule has 0 saturated carbocycles. The van der Waals surface area contributed by atoms with Crippen LogP contribution in [0.15, 0.2) is 55.0 Å². The lowest BCUT2D eigenvalue weighted by Crippen LogP contribution is -2.07. The molecule has 0 atom stereocenters. The first-order chi connectivity index (χ1) is 9.42. The maximum atomic E-state index is 4.47. The molecule has 2 aromatic heterocycles. The van der Waals surface area contributed by atoms with Gasteiger partial charge < -0.3 is 5.32 Å². The van der Waals surface area contributed by atoms with Crippen LogP contribution in [0.5, 0.6) is 0 Å². The number of hydrogen-bond acceptors (Lipinski definition) is 4. The SMILES string of the molecule is c1ccc2nc(NCCc3ccncc3)ncc2c1. The van der Waals surface area contributed by atoms with Crippen molar-refractivity contribution in [3.8, 4) is 0 Å². The Morgan fingerprint density at radius 1 is 1.00 bits per heavy atom. The lowest BCUT2D eigenvalue weighted by Gasteiger charge is -2.05. The molecule has 0 radical (unpaired) electrons. The zero-order valence-electron chi connectivity index (χ0n) is 10.5. The van der Waals surface area contributed by atoms with E-state index < -0.39 is 0 Å². The van der Waals surface area contributed by atoms with Gasteiger partial charge in [0.25, 0.3) is 0 Å². The Morgan fingerprint density at radius 3 is 2.74 bits per heavy atom. The van der Waals surface area contributed by atoms with E-state index in [1.54, 1.807) is 0 Å². The van der Waals surface area contributed by atoms with Crippen molar-refractivity contribution in [3.05, 3.63) is 60.6 Å². The Balaban J connectivity index is 1.65. The molecule has 0 aliphatic carbocycles. The van der Waals surface area contributed by atoms with Crippen LogP contribution >= 0.6 is 0 Å². The lowest BCUT2D eigenvalue weighted by molar-refractivity contribution is 0.985. The minimum absolute atomic E-state index is 0.674. The van der Waals surface area contributed by atoms with E-state index in [9.17, 15) is 0 Å². The summed E-state index contributed by atoms with van der Waals surface area (Å²) in [6.07, 6.45) is 6.39. The maximum Gasteiger partial charge on any atom is 0.223 e. The number of anilines is 1. The molecule has 2 heterocycles. The normalized spacial score (nSPS) is 10.5. The highest BCUT2D eigenvalue weighted by atomic mass is 15.1. The first kappa shape index (κ1) is 11.6. The van der Waals surface area contributed by atoms with E-state index in [4.69, 9.17) is 0 Å². The van der Waals surface area contributed by atoms with Crippen LogP contribution in [0.3, 0.4) is 0 Å². The Labute approximate surface area is 111 Å². The number of nitrogens with zero attached hydrogens (tertiary/aromatic N) is 3. The third kappa shape index (κ3) is 2.85. The van der Waals surface area contributed by atoms with Crippen LogP contribution in [0.4, 0.5) is 5.95 Å². The summed E-state index contributed by atoms with van der Waals surface area (Å²) in [5.41, 5.74) is 2.22. The summed E-state index contributed by atoms with van der Waals surface area (Å²) in [6, 6.07) is 12.0. The van der Waals surface area contributed by atoms with Gasteiger partial charge in [0.1, 0.15) is 0 Å². The van der Waals surface area contributed by atoms with Gasteiger partial charge in [-0.1, -0.05) is 18.2 Å². The van der Waals surface area contributed by atoms with Gasteiger partial charge in [-0.3, -0.25) is 4.98 Å². The number of pyridine rings is 1. The van der Waals surface area contributed by atoms with Gasteiger partial charge in [0.05, 0.1) is 5.52 Å². The number of fused-ring (bicyclic) bond motifs is 1. The van der Waals surface area contributed by atoms with E-state index in [2.05, 4.69) is 20.3 Å². The van der Waals surface area contributed by atoms with Crippen molar-refractivity contribution in [3.63, 3.8) is 0 Å². The van der Waals surface area contributed by atoms with Crippen molar-refractivity contribution in [2.75, 3.05) is 11.9 Å². The quantitative estimate of drug-likeness (QED) is 0.773. The summed E-state index contributed by atoms with van der Waals surface area (Å²) in [5.74, 6) is 0.674. The summed E-state index contributed by atoms with van der Waals surface area (Å²) in [6.45, 7) is 0.808. The molecular weight excluding hydrogens is 236 g/mol. The zero-order valence-corrected chi connectivity index (χ0v) is 10.5. The van der Waals surface area contributed by atoms with Crippen molar-refractivity contribution < 1.29 is 0 Å². The van der Waals surface area contributed by atoms with Crippen molar-refractivity contribution in [2.45, 2.75) is 6.42 Å². The number of rotatable bonds is 4. The standard InChI is InChI=1S/C15H14N4/c1-2-4-14-13(3-1)11-18-15(19-14)17-10-7-12-5-8-16-9-6-12/h1-6,8-9,11H,7,10H2,(H,17,18,19). The summed E-state index contributed by atoms with van der Waals surface area (Å²) in [4.78, 5) is 12.8. The number of benzene rings is 1. The van der Waals surface area contributed by atoms with Gasteiger partial charge in [-0.05, 0) is 30.2 Å². The van der Waals surface area contributed by atoms with E-state index in [-0.39, 0.29) is 0 Å². The average Bonchev–Trinajstić information content (AvgIpc) is 2.48. The Hall–Kier alpha value is -2.49. The monoisotopic (exact) mass is 250 g/mol. The molecule has 4 heteroatoms. The van der Waals surface area contributed by atoms with Gasteiger partial charge in [-0.2, -0.15) is 0 Å². The number of nitrogens with one attached hydrogen (secondary N) is 1. The molecule has 0 aliphatic rings. The largest absolute Gasteiger partial charge is 0.354 e. The number of aromatic nitrogens is 3. The zero-order chi connectivity index (χ0) is 12.9. The smallest absolute Gasteiger partial charge is 0.223 e. The van der Waals surface area contributed by atoms with Crippen LogP contribution in [0, 0.1) is 0 Å². The van der Waals surface area contributed by atoms with Crippen molar-refractivity contribution in [1.82, 2.24) is 15.0 Å².